The van der Waals surface area contributed by atoms with Crippen LogP contribution in [0.15, 0.2) is 48.5 Å². The summed E-state index contributed by atoms with van der Waals surface area (Å²) in [5.74, 6) is -1.89. The molecule has 0 bridgehead atoms. The van der Waals surface area contributed by atoms with E-state index in [1.165, 1.54) is 6.07 Å². The highest BCUT2D eigenvalue weighted by Gasteiger charge is 2.30. The lowest BCUT2D eigenvalue weighted by molar-refractivity contribution is -0.140. The van der Waals surface area contributed by atoms with Crippen LogP contribution in [-0.4, -0.2) is 35.9 Å². The van der Waals surface area contributed by atoms with E-state index in [1.54, 1.807) is 18.2 Å². The van der Waals surface area contributed by atoms with Crippen LogP contribution in [0.25, 0.3) is 0 Å². The van der Waals surface area contributed by atoms with E-state index in [1.807, 2.05) is 31.2 Å². The van der Waals surface area contributed by atoms with Crippen LogP contribution in [0.5, 0.6) is 0 Å². The number of hydrogen-bond donors (Lipinski definition) is 1. The summed E-state index contributed by atoms with van der Waals surface area (Å²) in [4.78, 5) is 23.7. The van der Waals surface area contributed by atoms with E-state index in [-0.39, 0.29) is 23.3 Å². The Morgan fingerprint density at radius 2 is 1.52 bits per heavy atom. The van der Waals surface area contributed by atoms with Crippen molar-refractivity contribution in [2.45, 2.75) is 25.6 Å². The minimum atomic E-state index is -1.09. The monoisotopic (exact) mass is 340 g/mol. The second kappa shape index (κ2) is 7.17. The summed E-state index contributed by atoms with van der Waals surface area (Å²) in [6.45, 7) is 3.12. The topological polar surface area (TPSA) is 72.8 Å². The van der Waals surface area contributed by atoms with E-state index in [0.29, 0.717) is 19.6 Å². The van der Waals surface area contributed by atoms with Gasteiger partial charge in [-0.2, -0.15) is 0 Å². The van der Waals surface area contributed by atoms with Gasteiger partial charge in [0.1, 0.15) is 0 Å². The lowest BCUT2D eigenvalue weighted by Gasteiger charge is -2.22. The second-order valence-corrected chi connectivity index (χ2v) is 6.27. The molecule has 1 heterocycles. The summed E-state index contributed by atoms with van der Waals surface area (Å²) in [6, 6.07) is 13.9. The van der Waals surface area contributed by atoms with E-state index < -0.39 is 11.8 Å². The standard InChI is InChI=1S/C20H20O5/c1-20(24-10-11-25-20)13-15-8-6-14(7-9-15)12-18(21)16-4-2-3-5-17(16)19(22)23/h2-9H,10-13H2,1H3,(H,22,23). The summed E-state index contributed by atoms with van der Waals surface area (Å²) < 4.78 is 11.2. The number of rotatable bonds is 6. The molecule has 0 saturated carbocycles. The third-order valence-corrected chi connectivity index (χ3v) is 4.27. The van der Waals surface area contributed by atoms with Crippen LogP contribution in [0.2, 0.25) is 0 Å². The first-order valence-electron chi connectivity index (χ1n) is 8.18. The average Bonchev–Trinajstić information content (AvgIpc) is 3.02. The van der Waals surface area contributed by atoms with Crippen molar-refractivity contribution in [1.29, 1.82) is 0 Å². The van der Waals surface area contributed by atoms with E-state index >= 15 is 0 Å². The lowest BCUT2D eigenvalue weighted by atomic mass is 9.97. The van der Waals surface area contributed by atoms with Crippen LogP contribution in [-0.2, 0) is 22.3 Å². The molecular weight excluding hydrogens is 320 g/mol. The molecule has 0 amide bonds. The highest BCUT2D eigenvalue weighted by atomic mass is 16.7. The van der Waals surface area contributed by atoms with Crippen LogP contribution in [0.4, 0.5) is 0 Å². The minimum Gasteiger partial charge on any atom is -0.478 e. The van der Waals surface area contributed by atoms with Gasteiger partial charge in [0, 0.05) is 18.4 Å². The third kappa shape index (κ3) is 4.13. The summed E-state index contributed by atoms with van der Waals surface area (Å²) in [5, 5.41) is 9.20. The number of aromatic carboxylic acids is 1. The number of carbonyl (C=O) groups excluding carboxylic acids is 1. The first-order chi connectivity index (χ1) is 12.0. The zero-order valence-corrected chi connectivity index (χ0v) is 14.0. The predicted molar refractivity (Wildman–Crippen MR) is 91.9 cm³/mol. The fraction of sp³-hybridized carbons (Fsp3) is 0.300. The van der Waals surface area contributed by atoms with Crippen molar-refractivity contribution in [3.05, 3.63) is 70.8 Å². The van der Waals surface area contributed by atoms with Gasteiger partial charge in [0.2, 0.25) is 0 Å². The van der Waals surface area contributed by atoms with Crippen LogP contribution in [0, 0.1) is 0 Å². The number of ketones is 1. The summed E-state index contributed by atoms with van der Waals surface area (Å²) >= 11 is 0. The number of ether oxygens (including phenoxy) is 2. The Kier molecular flexibility index (Phi) is 4.97. The Morgan fingerprint density at radius 3 is 2.12 bits per heavy atom. The Bertz CT molecular complexity index is 773. The van der Waals surface area contributed by atoms with Gasteiger partial charge in [0.15, 0.2) is 11.6 Å². The van der Waals surface area contributed by atoms with Gasteiger partial charge >= 0.3 is 5.97 Å². The van der Waals surface area contributed by atoms with Crippen LogP contribution < -0.4 is 0 Å². The molecule has 0 aromatic heterocycles. The molecule has 2 aromatic carbocycles. The number of carboxylic acids is 1. The molecule has 1 fully saturated rings. The number of Topliss-reactive ketones (excluding diaryl/α,β-unsaturated/α-hetero) is 1. The average molecular weight is 340 g/mol. The predicted octanol–water partition coefficient (Wildman–Crippen LogP) is 3.12. The Morgan fingerprint density at radius 1 is 0.960 bits per heavy atom. The van der Waals surface area contributed by atoms with Gasteiger partial charge < -0.3 is 14.6 Å². The van der Waals surface area contributed by atoms with Gasteiger partial charge in [-0.05, 0) is 24.1 Å². The van der Waals surface area contributed by atoms with E-state index in [9.17, 15) is 14.7 Å². The number of carbonyl (C=O) groups is 2. The van der Waals surface area contributed by atoms with Gasteiger partial charge in [-0.1, -0.05) is 42.5 Å². The van der Waals surface area contributed by atoms with Crippen LogP contribution >= 0.6 is 0 Å². The van der Waals surface area contributed by atoms with Crippen molar-refractivity contribution in [3.63, 3.8) is 0 Å². The molecule has 0 unspecified atom stereocenters. The fourth-order valence-corrected chi connectivity index (χ4v) is 3.00. The Hall–Kier alpha value is -2.50. The quantitative estimate of drug-likeness (QED) is 0.818. The molecule has 1 aliphatic rings. The first-order valence-corrected chi connectivity index (χ1v) is 8.18. The van der Waals surface area contributed by atoms with Crippen molar-refractivity contribution < 1.29 is 24.2 Å². The molecule has 1 N–H and O–H groups in total. The maximum Gasteiger partial charge on any atom is 0.336 e. The zero-order chi connectivity index (χ0) is 17.9. The van der Waals surface area contributed by atoms with Crippen molar-refractivity contribution >= 4 is 11.8 Å². The van der Waals surface area contributed by atoms with Crippen LogP contribution in [0.3, 0.4) is 0 Å². The largest absolute Gasteiger partial charge is 0.478 e. The van der Waals surface area contributed by atoms with E-state index in [0.717, 1.165) is 11.1 Å². The molecule has 0 spiro atoms. The lowest BCUT2D eigenvalue weighted by Crippen LogP contribution is -2.28. The molecule has 5 nitrogen and oxygen atoms in total. The van der Waals surface area contributed by atoms with Crippen molar-refractivity contribution in [2.75, 3.05) is 13.2 Å². The maximum absolute atomic E-state index is 12.5. The number of hydrogen-bond acceptors (Lipinski definition) is 4. The van der Waals surface area contributed by atoms with Crippen molar-refractivity contribution in [1.82, 2.24) is 0 Å². The zero-order valence-electron chi connectivity index (χ0n) is 14.0. The molecular formula is C20H20O5. The molecule has 3 rings (SSSR count). The molecule has 130 valence electrons. The summed E-state index contributed by atoms with van der Waals surface area (Å²) in [5.41, 5.74) is 2.17. The van der Waals surface area contributed by atoms with Gasteiger partial charge in [0.25, 0.3) is 0 Å². The molecule has 1 aliphatic heterocycles. The molecule has 5 heteroatoms. The van der Waals surface area contributed by atoms with Gasteiger partial charge in [-0.15, -0.1) is 0 Å². The number of benzene rings is 2. The third-order valence-electron chi connectivity index (χ3n) is 4.27. The molecule has 0 radical (unpaired) electrons. The van der Waals surface area contributed by atoms with Crippen molar-refractivity contribution in [2.24, 2.45) is 0 Å². The van der Waals surface area contributed by atoms with Gasteiger partial charge in [0.05, 0.1) is 18.8 Å². The first kappa shape index (κ1) is 17.3. The summed E-state index contributed by atoms with van der Waals surface area (Å²) in [6.07, 6.45) is 0.803. The van der Waals surface area contributed by atoms with Gasteiger partial charge in [-0.3, -0.25) is 4.79 Å². The molecule has 2 aromatic rings. The van der Waals surface area contributed by atoms with Crippen LogP contribution in [0.1, 0.15) is 38.8 Å². The normalized spacial score (nSPS) is 15.9. The molecule has 0 atom stereocenters. The molecule has 1 saturated heterocycles. The summed E-state index contributed by atoms with van der Waals surface area (Å²) in [7, 11) is 0. The Labute approximate surface area is 146 Å². The SMILES string of the molecule is CC1(Cc2ccc(CC(=O)c3ccccc3C(=O)O)cc2)OCCO1. The van der Waals surface area contributed by atoms with Gasteiger partial charge in [-0.25, -0.2) is 4.79 Å². The highest BCUT2D eigenvalue weighted by molar-refractivity contribution is 6.06. The fourth-order valence-electron chi connectivity index (χ4n) is 3.00. The van der Waals surface area contributed by atoms with Crippen molar-refractivity contribution in [3.8, 4) is 0 Å². The highest BCUT2D eigenvalue weighted by Crippen LogP contribution is 2.24. The minimum absolute atomic E-state index is 0.0348. The van der Waals surface area contributed by atoms with E-state index in [4.69, 9.17) is 9.47 Å². The number of carboxylic acid groups (broad SMARTS) is 1. The molecule has 25 heavy (non-hydrogen) atoms. The smallest absolute Gasteiger partial charge is 0.336 e. The molecule has 0 aliphatic carbocycles. The maximum atomic E-state index is 12.5. The Balaban J connectivity index is 1.69. The van der Waals surface area contributed by atoms with E-state index in [2.05, 4.69) is 0 Å². The second-order valence-electron chi connectivity index (χ2n) is 6.27.